The molecule has 0 aliphatic carbocycles. The molecule has 0 spiro atoms. The monoisotopic (exact) mass is 455 g/mol. The Hall–Kier alpha value is -3.14. The summed E-state index contributed by atoms with van der Waals surface area (Å²) in [6.45, 7) is -1.45. The Morgan fingerprint density at radius 3 is 2.55 bits per heavy atom. The van der Waals surface area contributed by atoms with Gasteiger partial charge in [-0.2, -0.15) is 5.10 Å². The number of fused-ring (bicyclic) bond motifs is 3. The van der Waals surface area contributed by atoms with E-state index in [4.69, 9.17) is 0 Å². The zero-order valence-electron chi connectivity index (χ0n) is 18.4. The minimum Gasteiger partial charge on any atom is -0.318 e. The van der Waals surface area contributed by atoms with Crippen LogP contribution in [0.3, 0.4) is 0 Å². The zero-order chi connectivity index (χ0) is 22.9. The highest BCUT2D eigenvalue weighted by Crippen LogP contribution is 2.36. The van der Waals surface area contributed by atoms with Crippen LogP contribution in [0.15, 0.2) is 36.7 Å². The number of piperidine rings is 1. The molecular formula is C23H27F2N7O. The maximum absolute atomic E-state index is 13.1. The fraction of sp³-hybridized carbons (Fsp3) is 0.478. The van der Waals surface area contributed by atoms with Gasteiger partial charge < -0.3 is 10.2 Å². The van der Waals surface area contributed by atoms with Crippen molar-refractivity contribution in [2.45, 2.75) is 49.9 Å². The summed E-state index contributed by atoms with van der Waals surface area (Å²) in [6, 6.07) is 6.85. The van der Waals surface area contributed by atoms with Crippen LogP contribution in [0, 0.1) is 0 Å². The molecule has 2 aromatic heterocycles. The van der Waals surface area contributed by atoms with Gasteiger partial charge in [0.05, 0.1) is 17.8 Å². The molecular weight excluding hydrogens is 428 g/mol. The number of aryl methyl sites for hydroxylation is 1. The van der Waals surface area contributed by atoms with Gasteiger partial charge >= 0.3 is 6.03 Å². The third-order valence-corrected chi connectivity index (χ3v) is 6.67. The minimum atomic E-state index is -0.765. The summed E-state index contributed by atoms with van der Waals surface area (Å²) < 4.78 is 27.6. The molecule has 4 heterocycles. The summed E-state index contributed by atoms with van der Waals surface area (Å²) >= 11 is 0. The number of aromatic nitrogens is 4. The Morgan fingerprint density at radius 2 is 1.88 bits per heavy atom. The number of carbonyl (C=O) groups is 1. The molecule has 2 amide bonds. The number of nitrogens with one attached hydrogen (secondary N) is 2. The summed E-state index contributed by atoms with van der Waals surface area (Å²) in [6.07, 6.45) is 6.91. The van der Waals surface area contributed by atoms with Gasteiger partial charge in [0.25, 0.3) is 0 Å². The molecule has 0 saturated carbocycles. The van der Waals surface area contributed by atoms with E-state index in [1.165, 1.54) is 0 Å². The van der Waals surface area contributed by atoms with E-state index in [0.717, 1.165) is 34.9 Å². The highest BCUT2D eigenvalue weighted by molar-refractivity contribution is 5.92. The number of nitrogens with zero attached hydrogens (tertiary/aromatic N) is 5. The fourth-order valence-electron chi connectivity index (χ4n) is 5.14. The molecule has 2 saturated heterocycles. The molecule has 5 rings (SSSR count). The molecule has 174 valence electrons. The Bertz CT molecular complexity index is 1130. The first-order valence-electron chi connectivity index (χ1n) is 11.3. The lowest BCUT2D eigenvalue weighted by Crippen LogP contribution is -2.54. The first-order valence-corrected chi connectivity index (χ1v) is 11.3. The van der Waals surface area contributed by atoms with E-state index in [0.29, 0.717) is 18.7 Å². The van der Waals surface area contributed by atoms with E-state index in [-0.39, 0.29) is 24.2 Å². The average molecular weight is 456 g/mol. The molecule has 2 fully saturated rings. The van der Waals surface area contributed by atoms with Crippen molar-refractivity contribution >= 4 is 22.8 Å². The van der Waals surface area contributed by atoms with Crippen molar-refractivity contribution in [2.24, 2.45) is 7.05 Å². The van der Waals surface area contributed by atoms with Crippen molar-refractivity contribution in [2.75, 3.05) is 18.7 Å². The van der Waals surface area contributed by atoms with Crippen LogP contribution in [0.25, 0.3) is 22.0 Å². The number of benzene rings is 1. The number of hydrogen-bond acceptors (Lipinski definition) is 5. The minimum absolute atomic E-state index is 0.0226. The topological polar surface area (TPSA) is 88.0 Å². The van der Waals surface area contributed by atoms with Gasteiger partial charge in [0.15, 0.2) is 5.82 Å². The predicted octanol–water partition coefficient (Wildman–Crippen LogP) is 3.45. The third-order valence-electron chi connectivity index (χ3n) is 6.67. The van der Waals surface area contributed by atoms with Crippen molar-refractivity contribution in [3.8, 4) is 11.1 Å². The van der Waals surface area contributed by atoms with Gasteiger partial charge in [0.2, 0.25) is 0 Å². The average Bonchev–Trinajstić information content (AvgIpc) is 3.37. The summed E-state index contributed by atoms with van der Waals surface area (Å²) in [5, 5.41) is 19.5. The SMILES string of the molecule is Cn1cc(-c2ccc3nnc(NC(=O)N4[C@@H]5CC[C@H]4C[C@H](NC(CF)CF)C5)cc3c2)cn1. The predicted molar refractivity (Wildman–Crippen MR) is 121 cm³/mol. The number of halogens is 2. The van der Waals surface area contributed by atoms with Crippen LogP contribution >= 0.6 is 0 Å². The molecule has 2 N–H and O–H groups in total. The smallest absolute Gasteiger partial charge is 0.318 e. The van der Waals surface area contributed by atoms with Crippen LogP contribution in [0.4, 0.5) is 19.4 Å². The normalized spacial score (nSPS) is 22.3. The largest absolute Gasteiger partial charge is 0.323 e. The second-order valence-electron chi connectivity index (χ2n) is 8.97. The first kappa shape index (κ1) is 21.7. The molecule has 0 radical (unpaired) electrons. The molecule has 2 aliphatic rings. The number of urea groups is 1. The van der Waals surface area contributed by atoms with Crippen LogP contribution in [0.2, 0.25) is 0 Å². The van der Waals surface area contributed by atoms with Crippen molar-refractivity contribution in [1.82, 2.24) is 30.2 Å². The van der Waals surface area contributed by atoms with E-state index in [9.17, 15) is 13.6 Å². The van der Waals surface area contributed by atoms with Crippen LogP contribution in [-0.4, -0.2) is 68.4 Å². The Labute approximate surface area is 190 Å². The van der Waals surface area contributed by atoms with Crippen LogP contribution in [-0.2, 0) is 7.05 Å². The maximum atomic E-state index is 13.1. The molecule has 3 atom stereocenters. The number of carbonyl (C=O) groups excluding carboxylic acids is 1. The maximum Gasteiger partial charge on any atom is 0.323 e. The second-order valence-corrected chi connectivity index (χ2v) is 8.97. The number of alkyl halides is 2. The van der Waals surface area contributed by atoms with Crippen LogP contribution in [0.5, 0.6) is 0 Å². The molecule has 3 aromatic rings. The third kappa shape index (κ3) is 4.39. The number of rotatable bonds is 6. The molecule has 2 bridgehead atoms. The highest BCUT2D eigenvalue weighted by atomic mass is 19.1. The van der Waals surface area contributed by atoms with E-state index in [1.54, 1.807) is 10.9 Å². The highest BCUT2D eigenvalue weighted by Gasteiger charge is 2.43. The standard InChI is InChI=1S/C23H27F2N7O/c1-31-13-16(12-26-31)14-2-5-21-15(6-14)7-22(30-29-21)28-23(33)32-19-3-4-20(32)9-17(8-19)27-18(10-24)11-25/h2,5-7,12-13,17-20,27H,3-4,8-11H2,1H3,(H,28,30,33)/t17-,19-,20+. The van der Waals surface area contributed by atoms with Gasteiger partial charge in [-0.15, -0.1) is 10.2 Å². The van der Waals surface area contributed by atoms with E-state index >= 15 is 0 Å². The first-order chi connectivity index (χ1) is 16.0. The quantitative estimate of drug-likeness (QED) is 0.595. The van der Waals surface area contributed by atoms with Crippen LogP contribution in [0.1, 0.15) is 25.7 Å². The summed E-state index contributed by atoms with van der Waals surface area (Å²) in [5.41, 5.74) is 2.74. The molecule has 1 aromatic carbocycles. The van der Waals surface area contributed by atoms with Gasteiger partial charge in [0, 0.05) is 42.3 Å². The zero-order valence-corrected chi connectivity index (χ0v) is 18.4. The fourth-order valence-corrected chi connectivity index (χ4v) is 5.14. The number of hydrogen-bond donors (Lipinski definition) is 2. The molecule has 8 nitrogen and oxygen atoms in total. The van der Waals surface area contributed by atoms with Crippen molar-refractivity contribution < 1.29 is 13.6 Å². The Kier molecular flexibility index (Phi) is 5.92. The second kappa shape index (κ2) is 9.01. The van der Waals surface area contributed by atoms with E-state index in [1.807, 2.05) is 42.4 Å². The summed E-state index contributed by atoms with van der Waals surface area (Å²) in [4.78, 5) is 15.0. The lowest BCUT2D eigenvalue weighted by Gasteiger charge is -2.39. The van der Waals surface area contributed by atoms with Crippen molar-refractivity contribution in [3.05, 3.63) is 36.7 Å². The van der Waals surface area contributed by atoms with Gasteiger partial charge in [-0.05, 0) is 49.4 Å². The summed E-state index contributed by atoms with van der Waals surface area (Å²) in [7, 11) is 1.87. The van der Waals surface area contributed by atoms with E-state index < -0.39 is 19.4 Å². The van der Waals surface area contributed by atoms with E-state index in [2.05, 4.69) is 25.9 Å². The number of anilines is 1. The molecule has 0 unspecified atom stereocenters. The lowest BCUT2D eigenvalue weighted by molar-refractivity contribution is 0.133. The van der Waals surface area contributed by atoms with Gasteiger partial charge in [-0.1, -0.05) is 6.07 Å². The van der Waals surface area contributed by atoms with Gasteiger partial charge in [-0.3, -0.25) is 10.00 Å². The van der Waals surface area contributed by atoms with Gasteiger partial charge in [-0.25, -0.2) is 13.6 Å². The lowest BCUT2D eigenvalue weighted by atomic mass is 9.97. The van der Waals surface area contributed by atoms with Crippen molar-refractivity contribution in [1.29, 1.82) is 0 Å². The molecule has 10 heteroatoms. The molecule has 33 heavy (non-hydrogen) atoms. The summed E-state index contributed by atoms with van der Waals surface area (Å²) in [5.74, 6) is 0.394. The van der Waals surface area contributed by atoms with Crippen LogP contribution < -0.4 is 10.6 Å². The Balaban J connectivity index is 1.29. The van der Waals surface area contributed by atoms with Crippen molar-refractivity contribution in [3.63, 3.8) is 0 Å². The Morgan fingerprint density at radius 1 is 1.12 bits per heavy atom. The van der Waals surface area contributed by atoms with Gasteiger partial charge in [0.1, 0.15) is 13.3 Å². The molecule has 2 aliphatic heterocycles. The number of amides is 2.